The van der Waals surface area contributed by atoms with E-state index in [0.29, 0.717) is 19.4 Å². The number of benzene rings is 2. The van der Waals surface area contributed by atoms with E-state index in [-0.39, 0.29) is 18.2 Å². The van der Waals surface area contributed by atoms with Gasteiger partial charge < -0.3 is 15.7 Å². The van der Waals surface area contributed by atoms with Crippen molar-refractivity contribution in [1.29, 1.82) is 0 Å². The zero-order valence-corrected chi connectivity index (χ0v) is 20.0. The number of carbonyl (C=O) groups excluding carboxylic acids is 2. The number of amides is 2. The predicted octanol–water partition coefficient (Wildman–Crippen LogP) is 3.40. The van der Waals surface area contributed by atoms with Crippen LogP contribution in [0, 0.1) is 5.92 Å². The number of nitrogens with zero attached hydrogens (tertiary/aromatic N) is 1. The number of carboxylic acids is 1. The average Bonchev–Trinajstić information content (AvgIpc) is 3.20. The number of hydrogen-bond donors (Lipinski definition) is 3. The monoisotopic (exact) mass is 476 g/mol. The van der Waals surface area contributed by atoms with Crippen molar-refractivity contribution in [2.45, 2.75) is 56.9 Å². The minimum Gasteiger partial charge on any atom is -0.481 e. The van der Waals surface area contributed by atoms with Gasteiger partial charge in [0.2, 0.25) is 17.5 Å². The lowest BCUT2D eigenvalue weighted by Crippen LogP contribution is -2.49. The molecule has 7 nitrogen and oxygen atoms in total. The van der Waals surface area contributed by atoms with Gasteiger partial charge in [-0.3, -0.25) is 14.4 Å². The van der Waals surface area contributed by atoms with Crippen LogP contribution in [-0.2, 0) is 20.8 Å². The first kappa shape index (κ1) is 24.6. The molecule has 0 aliphatic carbocycles. The summed E-state index contributed by atoms with van der Waals surface area (Å²) < 4.78 is 2.28. The summed E-state index contributed by atoms with van der Waals surface area (Å²) in [4.78, 5) is 38.0. The Morgan fingerprint density at radius 3 is 2.57 bits per heavy atom. The number of aliphatic carboxylic acids is 1. The number of nitrogens with one attached hydrogen (secondary N) is 2. The second-order valence-corrected chi connectivity index (χ2v) is 9.49. The third-order valence-corrected chi connectivity index (χ3v) is 6.87. The first-order valence-electron chi connectivity index (χ1n) is 12.6. The Morgan fingerprint density at radius 1 is 1.03 bits per heavy atom. The van der Waals surface area contributed by atoms with Crippen LogP contribution in [0.1, 0.15) is 55.6 Å². The van der Waals surface area contributed by atoms with Crippen LogP contribution < -0.4 is 10.6 Å². The molecule has 3 N–H and O–H groups in total. The molecule has 3 atom stereocenters. The second kappa shape index (κ2) is 11.8. The minimum absolute atomic E-state index is 0.00458. The molecule has 0 spiro atoms. The number of carboxylic acid groups (broad SMARTS) is 1. The van der Waals surface area contributed by atoms with Crippen molar-refractivity contribution >= 4 is 29.7 Å². The second-order valence-electron chi connectivity index (χ2n) is 9.49. The fraction of sp³-hybridized carbons (Fsp3) is 0.429. The summed E-state index contributed by atoms with van der Waals surface area (Å²) in [6, 6.07) is 16.9. The summed E-state index contributed by atoms with van der Waals surface area (Å²) in [6.45, 7) is 1.51. The first-order valence-corrected chi connectivity index (χ1v) is 12.6. The molecule has 7 heteroatoms. The normalized spacial score (nSPS) is 21.3. The van der Waals surface area contributed by atoms with E-state index in [9.17, 15) is 19.5 Å². The van der Waals surface area contributed by atoms with Gasteiger partial charge in [-0.1, -0.05) is 55.0 Å². The van der Waals surface area contributed by atoms with Gasteiger partial charge >= 0.3 is 5.97 Å². The summed E-state index contributed by atoms with van der Waals surface area (Å²) in [7, 11) is 0. The average molecular weight is 477 g/mol. The van der Waals surface area contributed by atoms with Crippen LogP contribution in [-0.4, -0.2) is 52.8 Å². The summed E-state index contributed by atoms with van der Waals surface area (Å²) >= 11 is 0. The maximum Gasteiger partial charge on any atom is 0.304 e. The Bertz CT molecular complexity index is 1080. The first-order chi connectivity index (χ1) is 17.0. The Morgan fingerprint density at radius 2 is 1.77 bits per heavy atom. The summed E-state index contributed by atoms with van der Waals surface area (Å²) in [6.07, 6.45) is 6.73. The lowest BCUT2D eigenvalue weighted by Gasteiger charge is -2.23. The standard InChI is InChI=1S/C28H33N3O4/c32-26(33)18-21(16-20-10-4-3-5-11-20)27(34)30-24-17-22-19-31(25-13-7-6-12-23(22)25)15-9-2-1-8-14-29-28(24)35/h3-7,10-13,19,21-22,24H,1-2,8-9,14-18H2,(H2-,29,30,32,33,34,35)/p+1/t21-,22?,24+/m1/s1. The largest absolute Gasteiger partial charge is 0.481 e. The number of fused-ring (bicyclic) bond motifs is 4. The maximum atomic E-state index is 13.3. The van der Waals surface area contributed by atoms with E-state index in [1.807, 2.05) is 42.5 Å². The number of hydrogen-bond acceptors (Lipinski definition) is 3. The van der Waals surface area contributed by atoms with Crippen LogP contribution in [0.15, 0.2) is 54.6 Å². The minimum atomic E-state index is -1.03. The molecule has 2 bridgehead atoms. The molecule has 2 aliphatic heterocycles. The molecule has 4 rings (SSSR count). The quantitative estimate of drug-likeness (QED) is 0.557. The van der Waals surface area contributed by atoms with Gasteiger partial charge in [-0.15, -0.1) is 0 Å². The van der Waals surface area contributed by atoms with E-state index in [1.54, 1.807) is 0 Å². The number of rotatable bonds is 6. The molecule has 2 aromatic carbocycles. The van der Waals surface area contributed by atoms with Crippen molar-refractivity contribution < 1.29 is 24.1 Å². The van der Waals surface area contributed by atoms with Crippen LogP contribution in [0.25, 0.3) is 0 Å². The molecule has 2 amide bonds. The molecule has 2 aromatic rings. The smallest absolute Gasteiger partial charge is 0.304 e. The van der Waals surface area contributed by atoms with E-state index in [4.69, 9.17) is 0 Å². The molecule has 1 unspecified atom stereocenters. The molecule has 0 fully saturated rings. The highest BCUT2D eigenvalue weighted by Gasteiger charge is 2.35. The van der Waals surface area contributed by atoms with E-state index < -0.39 is 23.8 Å². The van der Waals surface area contributed by atoms with Gasteiger partial charge in [-0.2, -0.15) is 0 Å². The van der Waals surface area contributed by atoms with Crippen molar-refractivity contribution in [3.05, 3.63) is 65.7 Å². The van der Waals surface area contributed by atoms with E-state index in [2.05, 4.69) is 33.6 Å². The maximum absolute atomic E-state index is 13.3. The molecule has 35 heavy (non-hydrogen) atoms. The Kier molecular flexibility index (Phi) is 8.29. The zero-order chi connectivity index (χ0) is 24.6. The molecule has 0 saturated heterocycles. The summed E-state index contributed by atoms with van der Waals surface area (Å²) in [5.41, 5.74) is 3.21. The fourth-order valence-electron chi connectivity index (χ4n) is 5.06. The van der Waals surface area contributed by atoms with Crippen molar-refractivity contribution in [3.8, 4) is 0 Å². The fourth-order valence-corrected chi connectivity index (χ4v) is 5.06. The molecule has 2 heterocycles. The van der Waals surface area contributed by atoms with Crippen molar-refractivity contribution in [3.63, 3.8) is 0 Å². The van der Waals surface area contributed by atoms with Gasteiger partial charge in [0.15, 0.2) is 6.21 Å². The van der Waals surface area contributed by atoms with Crippen LogP contribution in [0.3, 0.4) is 0 Å². The van der Waals surface area contributed by atoms with Crippen molar-refractivity contribution in [1.82, 2.24) is 10.6 Å². The molecule has 0 radical (unpaired) electrons. The van der Waals surface area contributed by atoms with Gasteiger partial charge in [0.05, 0.1) is 18.3 Å². The van der Waals surface area contributed by atoms with Crippen molar-refractivity contribution in [2.24, 2.45) is 5.92 Å². The predicted molar refractivity (Wildman–Crippen MR) is 134 cm³/mol. The molecule has 0 aromatic heterocycles. The lowest BCUT2D eigenvalue weighted by molar-refractivity contribution is -0.433. The molecular formula is C28H34N3O4+. The SMILES string of the molecule is O=C(O)C[C@@H](Cc1ccccc1)C(=O)N[C@H]1CC2C=[N+](CCCCCCNC1=O)c1ccccc12. The van der Waals surface area contributed by atoms with Gasteiger partial charge in [-0.05, 0) is 31.2 Å². The van der Waals surface area contributed by atoms with E-state index in [0.717, 1.165) is 49.0 Å². The van der Waals surface area contributed by atoms with Gasteiger partial charge in [0.25, 0.3) is 0 Å². The van der Waals surface area contributed by atoms with Gasteiger partial charge in [0.1, 0.15) is 12.6 Å². The molecular weight excluding hydrogens is 442 g/mol. The van der Waals surface area contributed by atoms with Gasteiger partial charge in [0, 0.05) is 24.6 Å². The number of para-hydroxylation sites is 1. The third kappa shape index (κ3) is 6.56. The van der Waals surface area contributed by atoms with Crippen LogP contribution >= 0.6 is 0 Å². The highest BCUT2D eigenvalue weighted by molar-refractivity contribution is 5.90. The zero-order valence-electron chi connectivity index (χ0n) is 20.0. The topological polar surface area (TPSA) is 98.5 Å². The van der Waals surface area contributed by atoms with Crippen LogP contribution in [0.5, 0.6) is 0 Å². The van der Waals surface area contributed by atoms with E-state index in [1.165, 1.54) is 0 Å². The molecule has 2 aliphatic rings. The summed E-state index contributed by atoms with van der Waals surface area (Å²) in [5, 5.41) is 15.3. The van der Waals surface area contributed by atoms with Crippen molar-refractivity contribution in [2.75, 3.05) is 13.1 Å². The molecule has 184 valence electrons. The van der Waals surface area contributed by atoms with Crippen LogP contribution in [0.4, 0.5) is 5.69 Å². The summed E-state index contributed by atoms with van der Waals surface area (Å²) in [5.74, 6) is -2.41. The highest BCUT2D eigenvalue weighted by Crippen LogP contribution is 2.34. The van der Waals surface area contributed by atoms with E-state index >= 15 is 0 Å². The van der Waals surface area contributed by atoms with Crippen LogP contribution in [0.2, 0.25) is 0 Å². The van der Waals surface area contributed by atoms with Gasteiger partial charge in [-0.25, -0.2) is 4.58 Å². The lowest BCUT2D eigenvalue weighted by atomic mass is 9.91. The molecule has 0 saturated carbocycles. The number of carbonyl (C=O) groups is 3. The Hall–Kier alpha value is -3.48. The third-order valence-electron chi connectivity index (χ3n) is 6.87. The highest BCUT2D eigenvalue weighted by atomic mass is 16.4. The Labute approximate surface area is 206 Å². The Balaban J connectivity index is 1.56.